The van der Waals surface area contributed by atoms with E-state index >= 15 is 0 Å². The molecule has 0 fully saturated rings. The largest absolute Gasteiger partial charge is 0.478 e. The summed E-state index contributed by atoms with van der Waals surface area (Å²) in [6, 6.07) is 2.26. The lowest BCUT2D eigenvalue weighted by Crippen LogP contribution is -2.16. The van der Waals surface area contributed by atoms with E-state index in [2.05, 4.69) is 0 Å². The summed E-state index contributed by atoms with van der Waals surface area (Å²) in [4.78, 5) is 56.5. The molecule has 25 heavy (non-hydrogen) atoms. The molecule has 0 spiro atoms. The molecular formula is C15H8O10. The third kappa shape index (κ3) is 2.83. The van der Waals surface area contributed by atoms with E-state index in [-0.39, 0.29) is 5.39 Å². The first kappa shape index (κ1) is 17.4. The molecule has 2 aromatic rings. The Morgan fingerprint density at radius 3 is 1.32 bits per heavy atom. The number of hydrogen-bond donors (Lipinski definition) is 5. The molecule has 0 heterocycles. The van der Waals surface area contributed by atoms with Crippen molar-refractivity contribution >= 4 is 40.6 Å². The Morgan fingerprint density at radius 1 is 0.520 bits per heavy atom. The smallest absolute Gasteiger partial charge is 0.337 e. The minimum absolute atomic E-state index is 0.234. The van der Waals surface area contributed by atoms with E-state index in [0.717, 1.165) is 12.1 Å². The number of carboxylic acids is 5. The predicted molar refractivity (Wildman–Crippen MR) is 78.7 cm³/mol. The number of aromatic carboxylic acids is 5. The van der Waals surface area contributed by atoms with Gasteiger partial charge >= 0.3 is 29.8 Å². The number of fused-ring (bicyclic) bond motifs is 1. The van der Waals surface area contributed by atoms with Crippen molar-refractivity contribution in [3.63, 3.8) is 0 Å². The molecule has 2 aromatic carbocycles. The normalized spacial score (nSPS) is 10.4. The van der Waals surface area contributed by atoms with Gasteiger partial charge in [-0.2, -0.15) is 0 Å². The van der Waals surface area contributed by atoms with Crippen molar-refractivity contribution in [1.29, 1.82) is 0 Å². The third-order valence-electron chi connectivity index (χ3n) is 3.40. The molecule has 0 aliphatic carbocycles. The molecule has 128 valence electrons. The molecule has 0 unspecified atom stereocenters. The molecule has 0 aromatic heterocycles. The summed E-state index contributed by atoms with van der Waals surface area (Å²) < 4.78 is 0. The summed E-state index contributed by atoms with van der Waals surface area (Å²) in [5.74, 6) is -8.67. The fourth-order valence-corrected chi connectivity index (χ4v) is 2.42. The van der Waals surface area contributed by atoms with Crippen LogP contribution in [0.4, 0.5) is 0 Å². The molecule has 2 rings (SSSR count). The molecule has 10 heteroatoms. The van der Waals surface area contributed by atoms with Crippen molar-refractivity contribution in [2.45, 2.75) is 0 Å². The molecule has 5 N–H and O–H groups in total. The average molecular weight is 348 g/mol. The molecule has 0 amide bonds. The first-order chi connectivity index (χ1) is 11.6. The maximum absolute atomic E-state index is 11.5. The average Bonchev–Trinajstić information content (AvgIpc) is 2.50. The van der Waals surface area contributed by atoms with E-state index in [1.807, 2.05) is 0 Å². The van der Waals surface area contributed by atoms with Gasteiger partial charge in [-0.1, -0.05) is 0 Å². The van der Waals surface area contributed by atoms with Gasteiger partial charge in [-0.3, -0.25) is 0 Å². The van der Waals surface area contributed by atoms with Crippen LogP contribution in [-0.4, -0.2) is 55.4 Å². The summed E-state index contributed by atoms with van der Waals surface area (Å²) in [5, 5.41) is 45.2. The van der Waals surface area contributed by atoms with Crippen LogP contribution in [0.1, 0.15) is 51.8 Å². The van der Waals surface area contributed by atoms with E-state index in [1.165, 1.54) is 0 Å². The fraction of sp³-hybridized carbons (Fsp3) is 0. The third-order valence-corrected chi connectivity index (χ3v) is 3.40. The topological polar surface area (TPSA) is 186 Å². The lowest BCUT2D eigenvalue weighted by Gasteiger charge is -2.12. The summed E-state index contributed by atoms with van der Waals surface area (Å²) >= 11 is 0. The van der Waals surface area contributed by atoms with Crippen molar-refractivity contribution in [3.8, 4) is 0 Å². The van der Waals surface area contributed by atoms with E-state index in [1.54, 1.807) is 0 Å². The van der Waals surface area contributed by atoms with Gasteiger partial charge in [0.15, 0.2) is 0 Å². The minimum Gasteiger partial charge on any atom is -0.478 e. The SMILES string of the molecule is O=C(O)c1cc2cc(C(=O)O)c(C(=O)O)c(C(=O)O)c2cc1C(=O)O. The zero-order valence-corrected chi connectivity index (χ0v) is 12.0. The predicted octanol–water partition coefficient (Wildman–Crippen LogP) is 1.33. The van der Waals surface area contributed by atoms with Gasteiger partial charge < -0.3 is 25.5 Å². The molecule has 0 bridgehead atoms. The number of benzene rings is 2. The van der Waals surface area contributed by atoms with Crippen LogP contribution in [0.15, 0.2) is 18.2 Å². The van der Waals surface area contributed by atoms with Crippen molar-refractivity contribution in [2.75, 3.05) is 0 Å². The second kappa shape index (κ2) is 5.92. The summed E-state index contributed by atoms with van der Waals surface area (Å²) in [6.07, 6.45) is 0. The number of hydrogen-bond acceptors (Lipinski definition) is 5. The van der Waals surface area contributed by atoms with Gasteiger partial charge in [-0.25, -0.2) is 24.0 Å². The Bertz CT molecular complexity index is 980. The molecule has 0 radical (unpaired) electrons. The highest BCUT2D eigenvalue weighted by atomic mass is 16.4. The van der Waals surface area contributed by atoms with E-state index in [0.29, 0.717) is 6.07 Å². The van der Waals surface area contributed by atoms with E-state index < -0.39 is 63.1 Å². The Kier molecular flexibility index (Phi) is 4.12. The Balaban J connectivity index is 3.15. The first-order valence-electron chi connectivity index (χ1n) is 6.37. The number of carboxylic acid groups (broad SMARTS) is 5. The summed E-state index contributed by atoms with van der Waals surface area (Å²) in [5.41, 5.74) is -4.30. The van der Waals surface area contributed by atoms with Crippen molar-refractivity contribution in [2.24, 2.45) is 0 Å². The number of rotatable bonds is 5. The standard InChI is InChI=1S/C15H8O10/c16-11(17)6-1-4-2-8(13(20)21)10(15(24)25)9(14(22)23)5(4)3-7(6)12(18)19/h1-3H,(H,16,17)(H,18,19)(H,20,21)(H,22,23)(H,24,25). The van der Waals surface area contributed by atoms with Crippen LogP contribution in [0.2, 0.25) is 0 Å². The highest BCUT2D eigenvalue weighted by molar-refractivity contribution is 6.18. The Morgan fingerprint density at radius 2 is 0.920 bits per heavy atom. The lowest BCUT2D eigenvalue weighted by atomic mass is 9.91. The van der Waals surface area contributed by atoms with Crippen LogP contribution in [0.25, 0.3) is 10.8 Å². The van der Waals surface area contributed by atoms with Gasteiger partial charge in [0.1, 0.15) is 0 Å². The molecular weight excluding hydrogens is 340 g/mol. The molecule has 0 atom stereocenters. The second-order valence-electron chi connectivity index (χ2n) is 4.82. The van der Waals surface area contributed by atoms with Gasteiger partial charge in [0.05, 0.1) is 27.8 Å². The molecule has 10 nitrogen and oxygen atoms in total. The highest BCUT2D eigenvalue weighted by Crippen LogP contribution is 2.30. The first-order valence-corrected chi connectivity index (χ1v) is 6.37. The minimum atomic E-state index is -1.84. The Hall–Kier alpha value is -3.95. The Labute approximate surface area is 137 Å². The molecule has 0 aliphatic heterocycles. The quantitative estimate of drug-likeness (QED) is 0.527. The van der Waals surface area contributed by atoms with Crippen LogP contribution in [0.5, 0.6) is 0 Å². The van der Waals surface area contributed by atoms with E-state index in [9.17, 15) is 34.2 Å². The molecule has 0 aliphatic rings. The van der Waals surface area contributed by atoms with Gasteiger partial charge in [0, 0.05) is 0 Å². The maximum atomic E-state index is 11.5. The van der Waals surface area contributed by atoms with Crippen molar-refractivity contribution in [3.05, 3.63) is 46.0 Å². The zero-order valence-electron chi connectivity index (χ0n) is 12.0. The van der Waals surface area contributed by atoms with Gasteiger partial charge in [0.25, 0.3) is 0 Å². The lowest BCUT2D eigenvalue weighted by molar-refractivity contribution is 0.0634. The highest BCUT2D eigenvalue weighted by Gasteiger charge is 2.29. The monoisotopic (exact) mass is 348 g/mol. The van der Waals surface area contributed by atoms with Gasteiger partial charge in [0.2, 0.25) is 0 Å². The van der Waals surface area contributed by atoms with Gasteiger partial charge in [-0.15, -0.1) is 0 Å². The van der Waals surface area contributed by atoms with Gasteiger partial charge in [-0.05, 0) is 29.0 Å². The fourth-order valence-electron chi connectivity index (χ4n) is 2.42. The second-order valence-corrected chi connectivity index (χ2v) is 4.82. The van der Waals surface area contributed by atoms with Crippen LogP contribution in [0.3, 0.4) is 0 Å². The van der Waals surface area contributed by atoms with Crippen LogP contribution in [-0.2, 0) is 0 Å². The van der Waals surface area contributed by atoms with E-state index in [4.69, 9.17) is 15.3 Å². The molecule has 0 saturated carbocycles. The number of carbonyl (C=O) groups is 5. The van der Waals surface area contributed by atoms with Crippen LogP contribution >= 0.6 is 0 Å². The summed E-state index contributed by atoms with van der Waals surface area (Å²) in [7, 11) is 0. The van der Waals surface area contributed by atoms with Crippen LogP contribution < -0.4 is 0 Å². The maximum Gasteiger partial charge on any atom is 0.337 e. The van der Waals surface area contributed by atoms with Crippen molar-refractivity contribution in [1.82, 2.24) is 0 Å². The summed E-state index contributed by atoms with van der Waals surface area (Å²) in [6.45, 7) is 0. The molecule has 0 saturated heterocycles. The zero-order chi connectivity index (χ0) is 19.0. The van der Waals surface area contributed by atoms with Crippen LogP contribution in [0, 0.1) is 0 Å². The van der Waals surface area contributed by atoms with Crippen molar-refractivity contribution < 1.29 is 49.5 Å².